The molecule has 130 valence electrons. The van der Waals surface area contributed by atoms with E-state index in [0.717, 1.165) is 31.5 Å². The highest BCUT2D eigenvalue weighted by Gasteiger charge is 2.38. The molecular formula is C19H27N3O2. The first-order chi connectivity index (χ1) is 11.6. The number of piperidine rings is 1. The topological polar surface area (TPSA) is 52.7 Å². The van der Waals surface area contributed by atoms with Crippen LogP contribution in [0.4, 0.5) is 0 Å². The molecule has 5 nitrogen and oxygen atoms in total. The molecule has 0 bridgehead atoms. The molecule has 2 heterocycles. The lowest BCUT2D eigenvalue weighted by atomic mass is 10.0. The Morgan fingerprint density at radius 1 is 1.17 bits per heavy atom. The van der Waals surface area contributed by atoms with Gasteiger partial charge in [-0.05, 0) is 38.8 Å². The zero-order valence-corrected chi connectivity index (χ0v) is 14.6. The van der Waals surface area contributed by atoms with Crippen LogP contribution in [0, 0.1) is 6.92 Å². The Labute approximate surface area is 144 Å². The van der Waals surface area contributed by atoms with Crippen LogP contribution in [0.1, 0.15) is 36.8 Å². The average molecular weight is 329 g/mol. The van der Waals surface area contributed by atoms with Gasteiger partial charge in [0.1, 0.15) is 6.04 Å². The number of carbonyl (C=O) groups is 2. The van der Waals surface area contributed by atoms with E-state index in [-0.39, 0.29) is 17.9 Å². The largest absolute Gasteiger partial charge is 0.341 e. The summed E-state index contributed by atoms with van der Waals surface area (Å²) >= 11 is 0. The number of likely N-dealkylation sites (tertiary alicyclic amines) is 2. The summed E-state index contributed by atoms with van der Waals surface area (Å²) in [4.78, 5) is 28.9. The molecule has 1 N–H and O–H groups in total. The SMILES string of the molecule is CNC1CCN(C(=O)C2CCC(=O)N2Cc2ccc(C)cc2)CC1. The van der Waals surface area contributed by atoms with Gasteiger partial charge in [-0.15, -0.1) is 0 Å². The maximum absolute atomic E-state index is 12.9. The summed E-state index contributed by atoms with van der Waals surface area (Å²) in [6.07, 6.45) is 3.10. The number of carbonyl (C=O) groups excluding carboxylic acids is 2. The standard InChI is InChI=1S/C19H27N3O2/c1-14-3-5-15(6-4-14)13-22-17(7-8-18(22)23)19(24)21-11-9-16(20-2)10-12-21/h3-6,16-17,20H,7-13H2,1-2H3. The molecule has 0 spiro atoms. The van der Waals surface area contributed by atoms with Crippen LogP contribution in [0.2, 0.25) is 0 Å². The number of amides is 2. The van der Waals surface area contributed by atoms with Gasteiger partial charge in [0.2, 0.25) is 11.8 Å². The van der Waals surface area contributed by atoms with Crippen molar-refractivity contribution in [3.05, 3.63) is 35.4 Å². The van der Waals surface area contributed by atoms with Crippen LogP contribution >= 0.6 is 0 Å². The first kappa shape index (κ1) is 17.0. The predicted molar refractivity (Wildman–Crippen MR) is 93.4 cm³/mol. The number of rotatable bonds is 4. The Balaban J connectivity index is 1.66. The van der Waals surface area contributed by atoms with Crippen molar-refractivity contribution in [1.82, 2.24) is 15.1 Å². The van der Waals surface area contributed by atoms with Crippen LogP contribution < -0.4 is 5.32 Å². The van der Waals surface area contributed by atoms with Gasteiger partial charge in [0, 0.05) is 32.1 Å². The molecule has 2 amide bonds. The predicted octanol–water partition coefficient (Wildman–Crippen LogP) is 1.70. The fourth-order valence-corrected chi connectivity index (χ4v) is 3.68. The van der Waals surface area contributed by atoms with Crippen LogP contribution in [0.15, 0.2) is 24.3 Å². The van der Waals surface area contributed by atoms with Gasteiger partial charge in [-0.3, -0.25) is 9.59 Å². The van der Waals surface area contributed by atoms with Gasteiger partial charge in [0.05, 0.1) is 0 Å². The Kier molecular flexibility index (Phi) is 5.19. The normalized spacial score (nSPS) is 22.2. The molecular weight excluding hydrogens is 302 g/mol. The van der Waals surface area contributed by atoms with Crippen molar-refractivity contribution >= 4 is 11.8 Å². The smallest absolute Gasteiger partial charge is 0.245 e. The van der Waals surface area contributed by atoms with E-state index in [1.807, 2.05) is 31.0 Å². The van der Waals surface area contributed by atoms with E-state index < -0.39 is 0 Å². The molecule has 0 radical (unpaired) electrons. The van der Waals surface area contributed by atoms with Crippen molar-refractivity contribution in [3.63, 3.8) is 0 Å². The van der Waals surface area contributed by atoms with Crippen LogP contribution in [-0.2, 0) is 16.1 Å². The fraction of sp³-hybridized carbons (Fsp3) is 0.579. The summed E-state index contributed by atoms with van der Waals surface area (Å²) in [7, 11) is 1.97. The molecule has 2 aliphatic heterocycles. The molecule has 5 heteroatoms. The maximum atomic E-state index is 12.9. The second kappa shape index (κ2) is 7.34. The molecule has 1 atom stereocenters. The molecule has 1 unspecified atom stereocenters. The molecule has 2 saturated heterocycles. The second-order valence-electron chi connectivity index (χ2n) is 6.95. The van der Waals surface area contributed by atoms with Crippen molar-refractivity contribution in [2.75, 3.05) is 20.1 Å². The highest BCUT2D eigenvalue weighted by atomic mass is 16.2. The Morgan fingerprint density at radius 2 is 1.83 bits per heavy atom. The van der Waals surface area contributed by atoms with Crippen molar-refractivity contribution in [1.29, 1.82) is 0 Å². The molecule has 0 saturated carbocycles. The summed E-state index contributed by atoms with van der Waals surface area (Å²) in [6.45, 7) is 4.15. The molecule has 0 aromatic heterocycles. The first-order valence-electron chi connectivity index (χ1n) is 8.89. The Bertz CT molecular complexity index is 591. The summed E-state index contributed by atoms with van der Waals surface area (Å²) in [5.41, 5.74) is 2.29. The zero-order valence-electron chi connectivity index (χ0n) is 14.6. The number of nitrogens with zero attached hydrogens (tertiary/aromatic N) is 2. The highest BCUT2D eigenvalue weighted by molar-refractivity contribution is 5.91. The number of aryl methyl sites for hydroxylation is 1. The molecule has 2 aliphatic rings. The van der Waals surface area contributed by atoms with Gasteiger partial charge >= 0.3 is 0 Å². The van der Waals surface area contributed by atoms with E-state index in [0.29, 0.717) is 25.4 Å². The van der Waals surface area contributed by atoms with Gasteiger partial charge in [-0.25, -0.2) is 0 Å². The fourth-order valence-electron chi connectivity index (χ4n) is 3.68. The number of nitrogens with one attached hydrogen (secondary N) is 1. The minimum absolute atomic E-state index is 0.0963. The van der Waals surface area contributed by atoms with Gasteiger partial charge in [0.25, 0.3) is 0 Å². The van der Waals surface area contributed by atoms with Crippen molar-refractivity contribution in [2.45, 2.75) is 51.2 Å². The minimum Gasteiger partial charge on any atom is -0.341 e. The lowest BCUT2D eigenvalue weighted by Gasteiger charge is -2.35. The van der Waals surface area contributed by atoms with Crippen LogP contribution in [-0.4, -0.2) is 53.8 Å². The van der Waals surface area contributed by atoms with Crippen LogP contribution in [0.25, 0.3) is 0 Å². The van der Waals surface area contributed by atoms with Gasteiger partial charge in [0.15, 0.2) is 0 Å². The van der Waals surface area contributed by atoms with Gasteiger partial charge in [-0.1, -0.05) is 29.8 Å². The number of hydrogen-bond donors (Lipinski definition) is 1. The lowest BCUT2D eigenvalue weighted by Crippen LogP contribution is -2.51. The third kappa shape index (κ3) is 3.61. The number of benzene rings is 1. The van der Waals surface area contributed by atoms with E-state index in [4.69, 9.17) is 0 Å². The van der Waals surface area contributed by atoms with Gasteiger partial charge in [-0.2, -0.15) is 0 Å². The minimum atomic E-state index is -0.287. The van der Waals surface area contributed by atoms with E-state index in [1.165, 1.54) is 5.56 Å². The quantitative estimate of drug-likeness (QED) is 0.915. The maximum Gasteiger partial charge on any atom is 0.245 e. The molecule has 0 aliphatic carbocycles. The zero-order chi connectivity index (χ0) is 17.1. The second-order valence-corrected chi connectivity index (χ2v) is 6.95. The molecule has 24 heavy (non-hydrogen) atoms. The average Bonchev–Trinajstić information content (AvgIpc) is 2.97. The Morgan fingerprint density at radius 3 is 2.46 bits per heavy atom. The summed E-state index contributed by atoms with van der Waals surface area (Å²) in [5.74, 6) is 0.224. The van der Waals surface area contributed by atoms with E-state index >= 15 is 0 Å². The van der Waals surface area contributed by atoms with Crippen LogP contribution in [0.3, 0.4) is 0 Å². The van der Waals surface area contributed by atoms with E-state index in [2.05, 4.69) is 17.4 Å². The monoisotopic (exact) mass is 329 g/mol. The summed E-state index contributed by atoms with van der Waals surface area (Å²) in [6, 6.07) is 8.40. The van der Waals surface area contributed by atoms with E-state index in [1.54, 1.807) is 4.90 Å². The number of hydrogen-bond acceptors (Lipinski definition) is 3. The summed E-state index contributed by atoms with van der Waals surface area (Å²) in [5, 5.41) is 3.28. The van der Waals surface area contributed by atoms with E-state index in [9.17, 15) is 9.59 Å². The van der Waals surface area contributed by atoms with Crippen molar-refractivity contribution in [3.8, 4) is 0 Å². The summed E-state index contributed by atoms with van der Waals surface area (Å²) < 4.78 is 0. The molecule has 3 rings (SSSR count). The lowest BCUT2D eigenvalue weighted by molar-refractivity contribution is -0.142. The van der Waals surface area contributed by atoms with Gasteiger partial charge < -0.3 is 15.1 Å². The first-order valence-corrected chi connectivity index (χ1v) is 8.89. The molecule has 1 aromatic carbocycles. The Hall–Kier alpha value is -1.88. The van der Waals surface area contributed by atoms with Crippen LogP contribution in [0.5, 0.6) is 0 Å². The molecule has 2 fully saturated rings. The molecule has 1 aromatic rings. The van der Waals surface area contributed by atoms with Crippen molar-refractivity contribution < 1.29 is 9.59 Å². The third-order valence-corrected chi connectivity index (χ3v) is 5.30. The third-order valence-electron chi connectivity index (χ3n) is 5.30. The van der Waals surface area contributed by atoms with Crippen molar-refractivity contribution in [2.24, 2.45) is 0 Å². The highest BCUT2D eigenvalue weighted by Crippen LogP contribution is 2.24.